The van der Waals surface area contributed by atoms with Gasteiger partial charge in [-0.2, -0.15) is 0 Å². The van der Waals surface area contributed by atoms with Crippen molar-refractivity contribution in [3.05, 3.63) is 28.8 Å². The number of benzene rings is 1. The molecule has 4 nitrogen and oxygen atoms in total. The van der Waals surface area contributed by atoms with Crippen LogP contribution in [0.3, 0.4) is 0 Å². The lowest BCUT2D eigenvalue weighted by atomic mass is 10.00. The zero-order valence-electron chi connectivity index (χ0n) is 8.03. The molecule has 76 valence electrons. The maximum Gasteiger partial charge on any atom is 0.153 e. The summed E-state index contributed by atoms with van der Waals surface area (Å²) in [4.78, 5) is 10.6. The summed E-state index contributed by atoms with van der Waals surface area (Å²) in [5.41, 5.74) is 12.7. The maximum absolute atomic E-state index is 10.6. The van der Waals surface area contributed by atoms with E-state index < -0.39 is 6.04 Å². The molecule has 0 fully saturated rings. The second-order valence-electron chi connectivity index (χ2n) is 3.25. The molecule has 0 saturated carbocycles. The van der Waals surface area contributed by atoms with E-state index in [2.05, 4.69) is 0 Å². The number of nitrogens with two attached hydrogens (primary N) is 2. The van der Waals surface area contributed by atoms with E-state index in [1.54, 1.807) is 12.1 Å². The van der Waals surface area contributed by atoms with Crippen molar-refractivity contribution in [3.8, 4) is 5.75 Å². The van der Waals surface area contributed by atoms with Crippen LogP contribution in [0.2, 0.25) is 0 Å². The first-order valence-electron chi connectivity index (χ1n) is 4.34. The lowest BCUT2D eigenvalue weighted by Crippen LogP contribution is -2.21. The Balaban J connectivity index is 3.28. The fraction of sp³-hybridized carbons (Fsp3) is 0.300. The van der Waals surface area contributed by atoms with E-state index in [4.69, 9.17) is 11.5 Å². The summed E-state index contributed by atoms with van der Waals surface area (Å²) in [5, 5.41) is 9.65. The van der Waals surface area contributed by atoms with Gasteiger partial charge in [-0.25, -0.2) is 0 Å². The van der Waals surface area contributed by atoms with Crippen molar-refractivity contribution in [3.63, 3.8) is 0 Å². The molecule has 0 spiro atoms. The van der Waals surface area contributed by atoms with Gasteiger partial charge in [-0.15, -0.1) is 0 Å². The van der Waals surface area contributed by atoms with E-state index in [1.807, 2.05) is 6.92 Å². The number of carbonyl (C=O) groups is 1. The molecule has 1 atom stereocenters. The molecule has 1 aromatic rings. The van der Waals surface area contributed by atoms with Gasteiger partial charge in [-0.05, 0) is 18.6 Å². The minimum absolute atomic E-state index is 0.0662. The van der Waals surface area contributed by atoms with Crippen molar-refractivity contribution in [1.82, 2.24) is 0 Å². The van der Waals surface area contributed by atoms with E-state index in [9.17, 15) is 9.90 Å². The average molecular weight is 194 g/mol. The molecule has 4 heteroatoms. The number of hydrogen-bond donors (Lipinski definition) is 3. The zero-order valence-corrected chi connectivity index (χ0v) is 8.03. The van der Waals surface area contributed by atoms with Crippen LogP contribution in [0.1, 0.15) is 27.5 Å². The van der Waals surface area contributed by atoms with Crippen LogP contribution in [0.5, 0.6) is 5.75 Å². The number of aromatic hydroxyl groups is 1. The summed E-state index contributed by atoms with van der Waals surface area (Å²) >= 11 is 0. The molecular formula is C10H14N2O2. The number of hydrogen-bond acceptors (Lipinski definition) is 4. The molecule has 0 aromatic heterocycles. The fourth-order valence-corrected chi connectivity index (χ4v) is 1.34. The molecule has 0 amide bonds. The van der Waals surface area contributed by atoms with Crippen LogP contribution in [0, 0.1) is 6.92 Å². The predicted molar refractivity (Wildman–Crippen MR) is 54.2 cm³/mol. The first-order valence-corrected chi connectivity index (χ1v) is 4.34. The number of aryl methyl sites for hydroxylation is 1. The predicted octanol–water partition coefficient (Wildman–Crippen LogP) is 0.472. The average Bonchev–Trinajstić information content (AvgIpc) is 2.19. The van der Waals surface area contributed by atoms with Crippen molar-refractivity contribution in [1.29, 1.82) is 0 Å². The number of phenols is 1. The van der Waals surface area contributed by atoms with Crippen LogP contribution in [0.4, 0.5) is 0 Å². The molecule has 0 saturated heterocycles. The first-order chi connectivity index (χ1) is 6.60. The molecule has 1 aromatic carbocycles. The molecule has 5 N–H and O–H groups in total. The summed E-state index contributed by atoms with van der Waals surface area (Å²) in [6.45, 7) is 2.06. The smallest absolute Gasteiger partial charge is 0.153 e. The minimum Gasteiger partial charge on any atom is -0.507 e. The second-order valence-corrected chi connectivity index (χ2v) is 3.25. The Bertz CT molecular complexity index is 350. The summed E-state index contributed by atoms with van der Waals surface area (Å²) in [6.07, 6.45) is 0.606. The highest BCUT2D eigenvalue weighted by molar-refractivity contribution is 5.80. The van der Waals surface area contributed by atoms with Gasteiger partial charge in [0.2, 0.25) is 0 Å². The van der Waals surface area contributed by atoms with Gasteiger partial charge in [0.15, 0.2) is 6.29 Å². The highest BCUT2D eigenvalue weighted by Crippen LogP contribution is 2.27. The number of carbonyl (C=O) groups excluding carboxylic acids is 1. The standard InChI is InChI=1S/C10H14N2O2/c1-6-2-7(5-13)10(14)8(3-6)9(12)4-11/h2-3,5,9,14H,4,11-12H2,1H3/t9-/m0/s1. The molecule has 0 unspecified atom stereocenters. The lowest BCUT2D eigenvalue weighted by molar-refractivity contribution is 0.112. The third-order valence-corrected chi connectivity index (χ3v) is 2.09. The van der Waals surface area contributed by atoms with Crippen LogP contribution < -0.4 is 11.5 Å². The highest BCUT2D eigenvalue weighted by atomic mass is 16.3. The number of aldehydes is 1. The Morgan fingerprint density at radius 3 is 2.71 bits per heavy atom. The first kappa shape index (κ1) is 10.7. The molecule has 0 aliphatic carbocycles. The minimum atomic E-state index is -0.436. The molecule has 1 rings (SSSR count). The fourth-order valence-electron chi connectivity index (χ4n) is 1.34. The van der Waals surface area contributed by atoms with E-state index in [0.29, 0.717) is 11.8 Å². The quantitative estimate of drug-likeness (QED) is 0.610. The van der Waals surface area contributed by atoms with Gasteiger partial charge in [0.25, 0.3) is 0 Å². The molecule has 14 heavy (non-hydrogen) atoms. The molecule has 0 heterocycles. The monoisotopic (exact) mass is 194 g/mol. The molecule has 0 aliphatic rings. The van der Waals surface area contributed by atoms with Gasteiger partial charge in [0.1, 0.15) is 5.75 Å². The third-order valence-electron chi connectivity index (χ3n) is 2.09. The SMILES string of the molecule is Cc1cc(C=O)c(O)c([C@@H](N)CN)c1. The van der Waals surface area contributed by atoms with Gasteiger partial charge in [0, 0.05) is 18.2 Å². The van der Waals surface area contributed by atoms with Crippen molar-refractivity contribution < 1.29 is 9.90 Å². The van der Waals surface area contributed by atoms with E-state index in [0.717, 1.165) is 5.56 Å². The molecule has 0 radical (unpaired) electrons. The van der Waals surface area contributed by atoms with Crippen LogP contribution in [-0.2, 0) is 0 Å². The molecule has 0 bridgehead atoms. The largest absolute Gasteiger partial charge is 0.507 e. The number of phenolic OH excluding ortho intramolecular Hbond substituents is 1. The normalized spacial score (nSPS) is 12.5. The van der Waals surface area contributed by atoms with Crippen molar-refractivity contribution in [2.24, 2.45) is 11.5 Å². The second kappa shape index (κ2) is 4.21. The molecule has 0 aliphatic heterocycles. The van der Waals surface area contributed by atoms with E-state index in [1.165, 1.54) is 0 Å². The summed E-state index contributed by atoms with van der Waals surface area (Å²) < 4.78 is 0. The van der Waals surface area contributed by atoms with Crippen LogP contribution >= 0.6 is 0 Å². The Kier molecular flexibility index (Phi) is 3.22. The van der Waals surface area contributed by atoms with Crippen LogP contribution in [0.15, 0.2) is 12.1 Å². The van der Waals surface area contributed by atoms with E-state index >= 15 is 0 Å². The highest BCUT2D eigenvalue weighted by Gasteiger charge is 2.13. The Hall–Kier alpha value is -1.39. The van der Waals surface area contributed by atoms with Crippen molar-refractivity contribution in [2.45, 2.75) is 13.0 Å². The maximum atomic E-state index is 10.6. The summed E-state index contributed by atoms with van der Waals surface area (Å²) in [7, 11) is 0. The summed E-state index contributed by atoms with van der Waals surface area (Å²) in [5.74, 6) is -0.0662. The van der Waals surface area contributed by atoms with Gasteiger partial charge < -0.3 is 16.6 Å². The molecular weight excluding hydrogens is 180 g/mol. The van der Waals surface area contributed by atoms with Crippen molar-refractivity contribution in [2.75, 3.05) is 6.54 Å². The number of rotatable bonds is 3. The van der Waals surface area contributed by atoms with Gasteiger partial charge in [-0.3, -0.25) is 4.79 Å². The topological polar surface area (TPSA) is 89.3 Å². The van der Waals surface area contributed by atoms with Gasteiger partial charge in [0.05, 0.1) is 5.56 Å². The Morgan fingerprint density at radius 2 is 2.21 bits per heavy atom. The Morgan fingerprint density at radius 1 is 1.57 bits per heavy atom. The van der Waals surface area contributed by atoms with Crippen LogP contribution in [-0.4, -0.2) is 17.9 Å². The van der Waals surface area contributed by atoms with Gasteiger partial charge >= 0.3 is 0 Å². The lowest BCUT2D eigenvalue weighted by Gasteiger charge is -2.13. The van der Waals surface area contributed by atoms with Crippen molar-refractivity contribution >= 4 is 6.29 Å². The van der Waals surface area contributed by atoms with Crippen LogP contribution in [0.25, 0.3) is 0 Å². The van der Waals surface area contributed by atoms with Gasteiger partial charge in [-0.1, -0.05) is 6.07 Å². The summed E-state index contributed by atoms with van der Waals surface area (Å²) in [6, 6.07) is 2.91. The zero-order chi connectivity index (χ0) is 10.7. The van der Waals surface area contributed by atoms with E-state index in [-0.39, 0.29) is 17.9 Å². The Labute approximate surface area is 82.5 Å². The third kappa shape index (κ3) is 1.92.